The number of amides is 2. The van der Waals surface area contributed by atoms with Gasteiger partial charge in [-0.2, -0.15) is 0 Å². The van der Waals surface area contributed by atoms with Gasteiger partial charge in [0.2, 0.25) is 11.8 Å². The summed E-state index contributed by atoms with van der Waals surface area (Å²) in [4.78, 5) is 24.5. The lowest BCUT2D eigenvalue weighted by molar-refractivity contribution is -0.132. The normalized spacial score (nSPS) is 11.8. The van der Waals surface area contributed by atoms with E-state index in [1.165, 1.54) is 0 Å². The molecule has 0 fully saturated rings. The maximum Gasteiger partial charge on any atom is 0.248 e. The van der Waals surface area contributed by atoms with Crippen LogP contribution in [0.3, 0.4) is 0 Å². The highest BCUT2D eigenvalue weighted by Crippen LogP contribution is 2.13. The summed E-state index contributed by atoms with van der Waals surface area (Å²) in [6, 6.07) is 6.56. The van der Waals surface area contributed by atoms with Crippen LogP contribution in [0, 0.1) is 0 Å². The number of benzene rings is 1. The molecule has 2 amide bonds. The summed E-state index contributed by atoms with van der Waals surface area (Å²) >= 11 is 0. The average molecular weight is 279 g/mol. The molecular weight excluding hydrogens is 258 g/mol. The van der Waals surface area contributed by atoms with Crippen molar-refractivity contribution >= 4 is 11.8 Å². The zero-order chi connectivity index (χ0) is 15.1. The van der Waals surface area contributed by atoms with Gasteiger partial charge in [0, 0.05) is 25.2 Å². The fourth-order valence-electron chi connectivity index (χ4n) is 1.58. The minimum Gasteiger partial charge on any atom is -0.493 e. The number of rotatable bonds is 7. The van der Waals surface area contributed by atoms with E-state index in [-0.39, 0.29) is 25.0 Å². The minimum atomic E-state index is -0.511. The molecule has 0 bridgehead atoms. The highest BCUT2D eigenvalue weighted by molar-refractivity contribution is 5.93. The Morgan fingerprint density at radius 3 is 2.70 bits per heavy atom. The van der Waals surface area contributed by atoms with Gasteiger partial charge in [-0.1, -0.05) is 6.07 Å². The molecule has 0 aliphatic heterocycles. The van der Waals surface area contributed by atoms with Crippen LogP contribution >= 0.6 is 0 Å². The molecule has 20 heavy (non-hydrogen) atoms. The fraction of sp³-hybridized carbons (Fsp3) is 0.429. The third kappa shape index (κ3) is 4.55. The molecule has 1 atom stereocenters. The summed E-state index contributed by atoms with van der Waals surface area (Å²) in [5.74, 6) is -0.0272. The van der Waals surface area contributed by atoms with Crippen LogP contribution in [0.1, 0.15) is 23.7 Å². The first-order chi connectivity index (χ1) is 9.45. The molecule has 0 aliphatic carbocycles. The molecule has 6 nitrogen and oxygen atoms in total. The first-order valence-corrected chi connectivity index (χ1v) is 6.44. The van der Waals surface area contributed by atoms with Gasteiger partial charge in [-0.3, -0.25) is 9.59 Å². The lowest BCUT2D eigenvalue weighted by Crippen LogP contribution is -2.40. The summed E-state index contributed by atoms with van der Waals surface area (Å²) in [6.07, 6.45) is 0.252. The maximum atomic E-state index is 11.8. The lowest BCUT2D eigenvalue weighted by Gasteiger charge is -2.23. The molecule has 110 valence electrons. The van der Waals surface area contributed by atoms with Crippen LogP contribution in [-0.2, 0) is 4.79 Å². The van der Waals surface area contributed by atoms with Crippen molar-refractivity contribution < 1.29 is 14.3 Å². The van der Waals surface area contributed by atoms with Crippen molar-refractivity contribution in [3.8, 4) is 5.75 Å². The zero-order valence-electron chi connectivity index (χ0n) is 11.8. The van der Waals surface area contributed by atoms with Crippen molar-refractivity contribution in [2.24, 2.45) is 11.5 Å². The second kappa shape index (κ2) is 7.49. The minimum absolute atomic E-state index is 0.000638. The number of carbonyl (C=O) groups is 2. The maximum absolute atomic E-state index is 11.8. The molecule has 0 saturated carbocycles. The van der Waals surface area contributed by atoms with Gasteiger partial charge in [-0.25, -0.2) is 0 Å². The number of nitrogens with zero attached hydrogens (tertiary/aromatic N) is 1. The number of carbonyl (C=O) groups excluding carboxylic acids is 2. The quantitative estimate of drug-likeness (QED) is 0.752. The van der Waals surface area contributed by atoms with Crippen molar-refractivity contribution in [1.29, 1.82) is 0 Å². The summed E-state index contributed by atoms with van der Waals surface area (Å²) < 4.78 is 5.44. The fourth-order valence-corrected chi connectivity index (χ4v) is 1.58. The van der Waals surface area contributed by atoms with E-state index in [4.69, 9.17) is 16.2 Å². The van der Waals surface area contributed by atoms with Crippen molar-refractivity contribution in [1.82, 2.24) is 4.90 Å². The summed E-state index contributed by atoms with van der Waals surface area (Å²) in [5, 5.41) is 0. The number of hydrogen-bond acceptors (Lipinski definition) is 4. The Balaban J connectivity index is 2.46. The Hall–Kier alpha value is -2.08. The van der Waals surface area contributed by atoms with Gasteiger partial charge in [0.25, 0.3) is 0 Å². The standard InChI is InChI=1S/C14H21N3O3/c1-10(9-15)17(2)13(18)6-7-20-12-5-3-4-11(8-12)14(16)19/h3-5,8,10H,6-7,9,15H2,1-2H3,(H2,16,19). The first-order valence-electron chi connectivity index (χ1n) is 6.44. The molecule has 0 heterocycles. The number of hydrogen-bond donors (Lipinski definition) is 2. The Morgan fingerprint density at radius 1 is 1.40 bits per heavy atom. The summed E-state index contributed by atoms with van der Waals surface area (Å²) in [5.41, 5.74) is 11.1. The Morgan fingerprint density at radius 2 is 2.10 bits per heavy atom. The van der Waals surface area contributed by atoms with E-state index in [9.17, 15) is 9.59 Å². The highest BCUT2D eigenvalue weighted by atomic mass is 16.5. The van der Waals surface area contributed by atoms with Gasteiger partial charge >= 0.3 is 0 Å². The SMILES string of the molecule is CC(CN)N(C)C(=O)CCOc1cccc(C(N)=O)c1. The van der Waals surface area contributed by atoms with Crippen LogP contribution in [0.2, 0.25) is 0 Å². The molecule has 0 aliphatic rings. The average Bonchev–Trinajstić information content (AvgIpc) is 2.45. The third-order valence-corrected chi connectivity index (χ3v) is 3.10. The predicted octanol–water partition coefficient (Wildman–Crippen LogP) is 0.360. The van der Waals surface area contributed by atoms with Gasteiger partial charge in [-0.05, 0) is 25.1 Å². The molecule has 1 aromatic carbocycles. The number of likely N-dealkylation sites (N-methyl/N-ethyl adjacent to an activating group) is 1. The van der Waals surface area contributed by atoms with Crippen molar-refractivity contribution in [2.45, 2.75) is 19.4 Å². The van der Waals surface area contributed by atoms with Crippen LogP contribution in [0.25, 0.3) is 0 Å². The second-order valence-corrected chi connectivity index (χ2v) is 4.58. The predicted molar refractivity (Wildman–Crippen MR) is 76.4 cm³/mol. The van der Waals surface area contributed by atoms with Crippen LogP contribution in [-0.4, -0.2) is 43.0 Å². The number of nitrogens with two attached hydrogens (primary N) is 2. The van der Waals surface area contributed by atoms with E-state index in [1.807, 2.05) is 6.92 Å². The van der Waals surface area contributed by atoms with Gasteiger partial charge in [0.05, 0.1) is 13.0 Å². The molecule has 0 saturated heterocycles. The smallest absolute Gasteiger partial charge is 0.248 e. The van der Waals surface area contributed by atoms with Crippen molar-refractivity contribution in [3.05, 3.63) is 29.8 Å². The molecule has 0 aromatic heterocycles. The van der Waals surface area contributed by atoms with Crippen LogP contribution in [0.15, 0.2) is 24.3 Å². The molecule has 1 unspecified atom stereocenters. The Bertz CT molecular complexity index is 476. The van der Waals surface area contributed by atoms with Crippen molar-refractivity contribution in [3.63, 3.8) is 0 Å². The van der Waals surface area contributed by atoms with E-state index in [1.54, 1.807) is 36.2 Å². The molecular formula is C14H21N3O3. The van der Waals surface area contributed by atoms with Gasteiger partial charge < -0.3 is 21.1 Å². The molecule has 1 aromatic rings. The molecule has 1 rings (SSSR count). The first kappa shape index (κ1) is 16.0. The Kier molecular flexibility index (Phi) is 5.99. The highest BCUT2D eigenvalue weighted by Gasteiger charge is 2.14. The largest absolute Gasteiger partial charge is 0.493 e. The molecule has 0 radical (unpaired) electrons. The van der Waals surface area contributed by atoms with E-state index in [2.05, 4.69) is 0 Å². The summed E-state index contributed by atoms with van der Waals surface area (Å²) in [7, 11) is 1.72. The zero-order valence-corrected chi connectivity index (χ0v) is 11.8. The molecule has 6 heteroatoms. The van der Waals surface area contributed by atoms with Gasteiger partial charge in [0.15, 0.2) is 0 Å². The van der Waals surface area contributed by atoms with Crippen molar-refractivity contribution in [2.75, 3.05) is 20.2 Å². The van der Waals surface area contributed by atoms with E-state index in [0.717, 1.165) is 0 Å². The molecule has 4 N–H and O–H groups in total. The Labute approximate surface area is 118 Å². The van der Waals surface area contributed by atoms with E-state index >= 15 is 0 Å². The monoisotopic (exact) mass is 279 g/mol. The third-order valence-electron chi connectivity index (χ3n) is 3.10. The topological polar surface area (TPSA) is 98.7 Å². The summed E-state index contributed by atoms with van der Waals surface area (Å²) in [6.45, 7) is 2.54. The van der Waals surface area contributed by atoms with E-state index < -0.39 is 5.91 Å². The number of ether oxygens (including phenoxy) is 1. The second-order valence-electron chi connectivity index (χ2n) is 4.58. The van der Waals surface area contributed by atoms with Gasteiger partial charge in [-0.15, -0.1) is 0 Å². The van der Waals surface area contributed by atoms with E-state index in [0.29, 0.717) is 17.9 Å². The van der Waals surface area contributed by atoms with Crippen LogP contribution < -0.4 is 16.2 Å². The number of primary amides is 1. The molecule has 0 spiro atoms. The van der Waals surface area contributed by atoms with Crippen LogP contribution in [0.5, 0.6) is 5.75 Å². The van der Waals surface area contributed by atoms with Crippen LogP contribution in [0.4, 0.5) is 0 Å². The van der Waals surface area contributed by atoms with Gasteiger partial charge in [0.1, 0.15) is 5.75 Å². The lowest BCUT2D eigenvalue weighted by atomic mass is 10.2.